The number of unbranched alkanes of at least 4 members (excludes halogenated alkanes) is 7. The van der Waals surface area contributed by atoms with Gasteiger partial charge in [0, 0.05) is 18.0 Å². The number of methoxy groups -OCH3 is 1. The number of nitrogens with one attached hydrogen (secondary N) is 1. The Morgan fingerprint density at radius 3 is 2.06 bits per heavy atom. The number of hydrogen-bond acceptors (Lipinski definition) is 4. The summed E-state index contributed by atoms with van der Waals surface area (Å²) in [5.41, 5.74) is 1.63. The van der Waals surface area contributed by atoms with E-state index in [2.05, 4.69) is 5.32 Å². The Bertz CT molecular complexity index is 957. The molecule has 0 fully saturated rings. The van der Waals surface area contributed by atoms with Crippen LogP contribution in [0.2, 0.25) is 5.02 Å². The van der Waals surface area contributed by atoms with Crippen molar-refractivity contribution in [3.63, 3.8) is 0 Å². The van der Waals surface area contributed by atoms with Gasteiger partial charge in [-0.1, -0.05) is 62.3 Å². The number of ether oxygens (including phenoxy) is 1. The Morgan fingerprint density at radius 1 is 0.879 bits per heavy atom. The van der Waals surface area contributed by atoms with Gasteiger partial charge in [-0.15, -0.1) is 0 Å². The molecule has 1 heterocycles. The highest BCUT2D eigenvalue weighted by Crippen LogP contribution is 2.28. The summed E-state index contributed by atoms with van der Waals surface area (Å²) in [6.07, 6.45) is 8.56. The topological polar surface area (TPSA) is 75.7 Å². The number of rotatable bonds is 13. The first-order chi connectivity index (χ1) is 16.0. The zero-order valence-corrected chi connectivity index (χ0v) is 19.8. The lowest BCUT2D eigenvalue weighted by Gasteiger charge is -2.13. The number of carbonyl (C=O) groups is 3. The highest BCUT2D eigenvalue weighted by Gasteiger charge is 2.34. The molecule has 7 heteroatoms. The molecule has 0 spiro atoms. The monoisotopic (exact) mass is 470 g/mol. The first-order valence-corrected chi connectivity index (χ1v) is 12.0. The molecular weight excluding hydrogens is 440 g/mol. The molecule has 0 bridgehead atoms. The van der Waals surface area contributed by atoms with Gasteiger partial charge in [-0.05, 0) is 43.2 Å². The summed E-state index contributed by atoms with van der Waals surface area (Å²) < 4.78 is 5.24. The third kappa shape index (κ3) is 6.81. The molecule has 3 amide bonds. The number of fused-ring (bicyclic) bond motifs is 1. The second kappa shape index (κ2) is 12.4. The third-order valence-corrected chi connectivity index (χ3v) is 6.08. The molecule has 33 heavy (non-hydrogen) atoms. The quantitative estimate of drug-likeness (QED) is 0.283. The van der Waals surface area contributed by atoms with Crippen molar-refractivity contribution in [2.75, 3.05) is 19.0 Å². The molecule has 1 aliphatic rings. The van der Waals surface area contributed by atoms with Gasteiger partial charge in [0.25, 0.3) is 11.8 Å². The fourth-order valence-electron chi connectivity index (χ4n) is 4.05. The van der Waals surface area contributed by atoms with Gasteiger partial charge in [-0.25, -0.2) is 0 Å². The van der Waals surface area contributed by atoms with Crippen molar-refractivity contribution in [2.24, 2.45) is 0 Å². The van der Waals surface area contributed by atoms with E-state index in [1.54, 1.807) is 49.6 Å². The first-order valence-electron chi connectivity index (χ1n) is 11.6. The van der Waals surface area contributed by atoms with Crippen LogP contribution in [0.3, 0.4) is 0 Å². The van der Waals surface area contributed by atoms with Crippen LogP contribution in [0.25, 0.3) is 0 Å². The van der Waals surface area contributed by atoms with Gasteiger partial charge in [-0.3, -0.25) is 19.3 Å². The number of carbonyl (C=O) groups excluding carboxylic acids is 3. The van der Waals surface area contributed by atoms with E-state index < -0.39 is 0 Å². The first kappa shape index (κ1) is 24.8. The minimum Gasteiger partial charge on any atom is -0.495 e. The van der Waals surface area contributed by atoms with Gasteiger partial charge in [0.15, 0.2) is 0 Å². The van der Waals surface area contributed by atoms with Crippen molar-refractivity contribution in [3.8, 4) is 5.75 Å². The van der Waals surface area contributed by atoms with Crippen LogP contribution in [0.4, 0.5) is 5.69 Å². The standard InChI is InChI=1S/C26H31ClN2O4/c1-33-23-16-15-19(27)18-22(23)28-24(30)14-8-6-4-2-3-5-7-11-17-29-25(31)20-12-9-10-13-21(20)26(29)32/h9-10,12-13,15-16,18H,2-8,11,14,17H2,1H3,(H,28,30). The lowest BCUT2D eigenvalue weighted by Crippen LogP contribution is -2.30. The van der Waals surface area contributed by atoms with Gasteiger partial charge in [-0.2, -0.15) is 0 Å². The molecule has 3 rings (SSSR count). The summed E-state index contributed by atoms with van der Waals surface area (Å²) in [6.45, 7) is 0.485. The molecule has 2 aromatic carbocycles. The summed E-state index contributed by atoms with van der Waals surface area (Å²) >= 11 is 5.99. The predicted octanol–water partition coefficient (Wildman–Crippen LogP) is 6.09. The zero-order chi connectivity index (χ0) is 23.6. The highest BCUT2D eigenvalue weighted by atomic mass is 35.5. The molecule has 0 atom stereocenters. The molecule has 0 saturated carbocycles. The molecule has 2 aromatic rings. The summed E-state index contributed by atoms with van der Waals surface area (Å²) in [4.78, 5) is 38.2. The Hall–Kier alpha value is -2.86. The molecule has 0 radical (unpaired) electrons. The van der Waals surface area contributed by atoms with Crippen LogP contribution in [0.5, 0.6) is 5.75 Å². The number of imide groups is 1. The van der Waals surface area contributed by atoms with Crippen LogP contribution in [-0.4, -0.2) is 36.3 Å². The van der Waals surface area contributed by atoms with Crippen LogP contribution in [0.15, 0.2) is 42.5 Å². The summed E-state index contributed by atoms with van der Waals surface area (Å²) in [5, 5.41) is 3.41. The third-order valence-electron chi connectivity index (χ3n) is 5.85. The normalized spacial score (nSPS) is 12.7. The molecule has 0 aliphatic carbocycles. The molecule has 0 aromatic heterocycles. The minimum absolute atomic E-state index is 0.0382. The van der Waals surface area contributed by atoms with Crippen LogP contribution >= 0.6 is 11.6 Å². The fourth-order valence-corrected chi connectivity index (χ4v) is 4.22. The average molecular weight is 471 g/mol. The van der Waals surface area contributed by atoms with Gasteiger partial charge in [0.2, 0.25) is 5.91 Å². The van der Waals surface area contributed by atoms with Crippen LogP contribution in [-0.2, 0) is 4.79 Å². The van der Waals surface area contributed by atoms with E-state index in [0.717, 1.165) is 51.4 Å². The maximum absolute atomic E-state index is 12.3. The number of hydrogen-bond donors (Lipinski definition) is 1. The number of benzene rings is 2. The number of anilines is 1. The van der Waals surface area contributed by atoms with Gasteiger partial charge in [0.05, 0.1) is 23.9 Å². The van der Waals surface area contributed by atoms with E-state index >= 15 is 0 Å². The molecular formula is C26H31ClN2O4. The number of amides is 3. The predicted molar refractivity (Wildman–Crippen MR) is 130 cm³/mol. The molecule has 0 unspecified atom stereocenters. The zero-order valence-electron chi connectivity index (χ0n) is 19.1. The van der Waals surface area contributed by atoms with Crippen LogP contribution in [0.1, 0.15) is 78.5 Å². The molecule has 0 saturated heterocycles. The fraction of sp³-hybridized carbons (Fsp3) is 0.423. The minimum atomic E-state index is -0.173. The second-order valence-electron chi connectivity index (χ2n) is 8.28. The largest absolute Gasteiger partial charge is 0.495 e. The Labute approximate surface area is 200 Å². The highest BCUT2D eigenvalue weighted by molar-refractivity contribution is 6.31. The van der Waals surface area contributed by atoms with Crippen molar-refractivity contribution in [3.05, 3.63) is 58.6 Å². The molecule has 1 N–H and O–H groups in total. The van der Waals surface area contributed by atoms with E-state index in [9.17, 15) is 14.4 Å². The van der Waals surface area contributed by atoms with E-state index in [1.165, 1.54) is 4.90 Å². The van der Waals surface area contributed by atoms with Crippen molar-refractivity contribution < 1.29 is 19.1 Å². The lowest BCUT2D eigenvalue weighted by molar-refractivity contribution is -0.116. The Morgan fingerprint density at radius 2 is 1.45 bits per heavy atom. The summed E-state index contributed by atoms with van der Waals surface area (Å²) in [6, 6.07) is 12.2. The van der Waals surface area contributed by atoms with Gasteiger partial charge >= 0.3 is 0 Å². The van der Waals surface area contributed by atoms with Crippen molar-refractivity contribution in [1.82, 2.24) is 4.90 Å². The Balaban J connectivity index is 1.21. The van der Waals surface area contributed by atoms with Crippen LogP contribution in [0, 0.1) is 0 Å². The maximum Gasteiger partial charge on any atom is 0.261 e. The molecule has 6 nitrogen and oxygen atoms in total. The molecule has 176 valence electrons. The summed E-state index contributed by atoms with van der Waals surface area (Å²) in [5.74, 6) is 0.210. The average Bonchev–Trinajstić information content (AvgIpc) is 3.05. The van der Waals surface area contributed by atoms with Crippen molar-refractivity contribution in [1.29, 1.82) is 0 Å². The number of halogens is 1. The van der Waals surface area contributed by atoms with Crippen molar-refractivity contribution in [2.45, 2.75) is 57.8 Å². The van der Waals surface area contributed by atoms with Crippen molar-refractivity contribution >= 4 is 35.0 Å². The summed E-state index contributed by atoms with van der Waals surface area (Å²) in [7, 11) is 1.56. The second-order valence-corrected chi connectivity index (χ2v) is 8.72. The van der Waals surface area contributed by atoms with E-state index in [-0.39, 0.29) is 17.7 Å². The molecule has 1 aliphatic heterocycles. The lowest BCUT2D eigenvalue weighted by atomic mass is 10.1. The SMILES string of the molecule is COc1ccc(Cl)cc1NC(=O)CCCCCCCCCCN1C(=O)c2ccccc2C1=O. The number of nitrogens with zero attached hydrogens (tertiary/aromatic N) is 1. The van der Waals surface area contributed by atoms with Gasteiger partial charge in [0.1, 0.15) is 5.75 Å². The maximum atomic E-state index is 12.3. The van der Waals surface area contributed by atoms with Crippen LogP contribution < -0.4 is 10.1 Å². The van der Waals surface area contributed by atoms with E-state index in [1.807, 2.05) is 0 Å². The van der Waals surface area contributed by atoms with E-state index in [4.69, 9.17) is 16.3 Å². The van der Waals surface area contributed by atoms with E-state index in [0.29, 0.717) is 40.6 Å². The van der Waals surface area contributed by atoms with Gasteiger partial charge < -0.3 is 10.1 Å². The smallest absolute Gasteiger partial charge is 0.261 e. The Kier molecular flexibility index (Phi) is 9.31.